The number of hydrogen-bond donors (Lipinski definition) is 2. The van der Waals surface area contributed by atoms with Gasteiger partial charge in [-0.2, -0.15) is 0 Å². The highest BCUT2D eigenvalue weighted by Gasteiger charge is 2.32. The fourth-order valence-corrected chi connectivity index (χ4v) is 2.82. The maximum atomic E-state index is 12.5. The van der Waals surface area contributed by atoms with Crippen molar-refractivity contribution in [1.82, 2.24) is 30.1 Å². The molecule has 0 fully saturated rings. The third kappa shape index (κ3) is 2.19. The van der Waals surface area contributed by atoms with Gasteiger partial charge >= 0.3 is 0 Å². The predicted octanol–water partition coefficient (Wildman–Crippen LogP) is -0.0676. The van der Waals surface area contributed by atoms with Crippen LogP contribution in [-0.2, 0) is 0 Å². The van der Waals surface area contributed by atoms with E-state index in [2.05, 4.69) is 20.8 Å². The molecule has 2 aromatic heterocycles. The number of halogens is 1. The van der Waals surface area contributed by atoms with Crippen LogP contribution in [0.15, 0.2) is 35.4 Å². The number of pyridine rings is 1. The molecule has 3 aromatic rings. The Morgan fingerprint density at radius 3 is 2.64 bits per heavy atom. The molecule has 3 N–H and O–H groups in total. The highest BCUT2D eigenvalue weighted by molar-refractivity contribution is 6.32. The summed E-state index contributed by atoms with van der Waals surface area (Å²) in [5, 5.41) is 13.2. The number of tetrazole rings is 1. The van der Waals surface area contributed by atoms with Gasteiger partial charge in [0.2, 0.25) is 0 Å². The second-order valence-corrected chi connectivity index (χ2v) is 5.57. The van der Waals surface area contributed by atoms with Crippen LogP contribution in [0.5, 0.6) is 0 Å². The Morgan fingerprint density at radius 1 is 1.12 bits per heavy atom. The first-order valence-electron chi connectivity index (χ1n) is 6.92. The summed E-state index contributed by atoms with van der Waals surface area (Å²) in [6.07, 6.45) is 1.37. The number of fused-ring (bicyclic) bond motifs is 1. The third-order valence-electron chi connectivity index (χ3n) is 3.74. The molecule has 0 atom stereocenters. The van der Waals surface area contributed by atoms with E-state index in [0.29, 0.717) is 5.69 Å². The van der Waals surface area contributed by atoms with E-state index in [4.69, 9.17) is 17.3 Å². The van der Waals surface area contributed by atoms with Crippen LogP contribution in [0.4, 0.5) is 5.82 Å². The highest BCUT2D eigenvalue weighted by atomic mass is 35.5. The summed E-state index contributed by atoms with van der Waals surface area (Å²) in [6, 6.07) is 5.77. The van der Waals surface area contributed by atoms with Crippen LogP contribution in [0.2, 0.25) is 5.02 Å². The molecule has 0 unspecified atom stereocenters. The minimum atomic E-state index is -0.668. The summed E-state index contributed by atoms with van der Waals surface area (Å²) in [5.74, 6) is -1.51. The number of benzene rings is 1. The molecule has 3 heterocycles. The van der Waals surface area contributed by atoms with Crippen LogP contribution < -0.4 is 16.6 Å². The molecule has 10 nitrogen and oxygen atoms in total. The number of nitrogens with two attached hydrogens (primary N) is 1. The maximum Gasteiger partial charge on any atom is 0.262 e. The van der Waals surface area contributed by atoms with Gasteiger partial charge in [0.15, 0.2) is 0 Å². The Hall–Kier alpha value is -3.53. The zero-order valence-corrected chi connectivity index (χ0v) is 13.1. The fourth-order valence-electron chi connectivity index (χ4n) is 2.62. The molecule has 0 bridgehead atoms. The molecule has 2 amide bonds. The lowest BCUT2D eigenvalue weighted by Gasteiger charge is -2.14. The van der Waals surface area contributed by atoms with Gasteiger partial charge in [-0.15, -0.1) is 5.10 Å². The Bertz CT molecular complexity index is 1100. The van der Waals surface area contributed by atoms with Crippen LogP contribution >= 0.6 is 11.6 Å². The number of imide groups is 1. The van der Waals surface area contributed by atoms with Gasteiger partial charge in [-0.25, -0.2) is 4.68 Å². The van der Waals surface area contributed by atoms with Gasteiger partial charge in [0, 0.05) is 6.07 Å². The van der Waals surface area contributed by atoms with E-state index < -0.39 is 17.4 Å². The van der Waals surface area contributed by atoms with Gasteiger partial charge in [-0.1, -0.05) is 11.6 Å². The summed E-state index contributed by atoms with van der Waals surface area (Å²) in [7, 11) is 0. The standard InChI is InChI=1S/C14H8ClN7O3/c15-8-2-1-6(21-5-17-19-20-21)3-9(8)22-10(23)4-7-11(12(22)16)14(25)18-13(7)24/h1-5H,16H2,(H,18,24,25). The second kappa shape index (κ2) is 5.24. The van der Waals surface area contributed by atoms with E-state index in [9.17, 15) is 14.4 Å². The van der Waals surface area contributed by atoms with Crippen LogP contribution in [0, 0.1) is 0 Å². The van der Waals surface area contributed by atoms with Crippen molar-refractivity contribution in [3.05, 3.63) is 57.1 Å². The number of carbonyl (C=O) groups excluding carboxylic acids is 2. The maximum absolute atomic E-state index is 12.5. The van der Waals surface area contributed by atoms with Crippen molar-refractivity contribution in [1.29, 1.82) is 0 Å². The van der Waals surface area contributed by atoms with Crippen LogP contribution in [0.25, 0.3) is 11.4 Å². The Morgan fingerprint density at radius 2 is 1.92 bits per heavy atom. The van der Waals surface area contributed by atoms with Crippen molar-refractivity contribution in [3.63, 3.8) is 0 Å². The third-order valence-corrected chi connectivity index (χ3v) is 4.06. The number of carbonyl (C=O) groups is 2. The summed E-state index contributed by atoms with van der Waals surface area (Å²) < 4.78 is 2.43. The van der Waals surface area contributed by atoms with Gasteiger partial charge in [-0.3, -0.25) is 24.3 Å². The molecule has 4 rings (SSSR count). The smallest absolute Gasteiger partial charge is 0.262 e. The molecule has 0 radical (unpaired) electrons. The first-order valence-corrected chi connectivity index (χ1v) is 7.29. The quantitative estimate of drug-likeness (QED) is 0.612. The van der Waals surface area contributed by atoms with Crippen LogP contribution in [0.3, 0.4) is 0 Å². The fraction of sp³-hybridized carbons (Fsp3) is 0. The first-order chi connectivity index (χ1) is 12.0. The molecule has 0 saturated carbocycles. The van der Waals surface area contributed by atoms with E-state index in [-0.39, 0.29) is 27.7 Å². The largest absolute Gasteiger partial charge is 0.384 e. The van der Waals surface area contributed by atoms with Gasteiger partial charge in [0.1, 0.15) is 12.1 Å². The minimum Gasteiger partial charge on any atom is -0.384 e. The average Bonchev–Trinajstić information content (AvgIpc) is 3.18. The molecule has 25 heavy (non-hydrogen) atoms. The van der Waals surface area contributed by atoms with Crippen molar-refractivity contribution in [2.45, 2.75) is 0 Å². The molecule has 1 aromatic carbocycles. The zero-order chi connectivity index (χ0) is 17.7. The highest BCUT2D eigenvalue weighted by Crippen LogP contribution is 2.28. The number of hydrogen-bond acceptors (Lipinski definition) is 7. The summed E-state index contributed by atoms with van der Waals surface area (Å²) in [4.78, 5) is 36.1. The average molecular weight is 358 g/mol. The van der Waals surface area contributed by atoms with Crippen molar-refractivity contribution in [2.75, 3.05) is 5.73 Å². The van der Waals surface area contributed by atoms with Crippen molar-refractivity contribution in [2.24, 2.45) is 0 Å². The number of nitrogen functional groups attached to an aromatic ring is 1. The molecular formula is C14H8ClN7O3. The molecule has 0 saturated heterocycles. The first kappa shape index (κ1) is 15.0. The van der Waals surface area contributed by atoms with Gasteiger partial charge < -0.3 is 5.73 Å². The van der Waals surface area contributed by atoms with Gasteiger partial charge in [-0.05, 0) is 28.6 Å². The number of anilines is 1. The van der Waals surface area contributed by atoms with Crippen molar-refractivity contribution >= 4 is 29.2 Å². The number of amides is 2. The molecule has 0 aliphatic carbocycles. The molecule has 1 aliphatic rings. The van der Waals surface area contributed by atoms with E-state index in [1.54, 1.807) is 6.07 Å². The molecule has 11 heteroatoms. The lowest BCUT2D eigenvalue weighted by atomic mass is 10.1. The second-order valence-electron chi connectivity index (χ2n) is 5.17. The lowest BCUT2D eigenvalue weighted by molar-refractivity contribution is 0.0880. The minimum absolute atomic E-state index is 0.0588. The molecule has 1 aliphatic heterocycles. The lowest BCUT2D eigenvalue weighted by Crippen LogP contribution is -2.24. The van der Waals surface area contributed by atoms with E-state index in [0.717, 1.165) is 10.6 Å². The number of nitrogens with one attached hydrogen (secondary N) is 1. The van der Waals surface area contributed by atoms with Gasteiger partial charge in [0.25, 0.3) is 17.4 Å². The number of nitrogens with zero attached hydrogens (tertiary/aromatic N) is 5. The summed E-state index contributed by atoms with van der Waals surface area (Å²) >= 11 is 6.21. The van der Waals surface area contributed by atoms with Crippen LogP contribution in [0.1, 0.15) is 20.7 Å². The Kier molecular flexibility index (Phi) is 3.15. The molecule has 124 valence electrons. The topological polar surface area (TPSA) is 138 Å². The number of aromatic nitrogens is 5. The van der Waals surface area contributed by atoms with E-state index >= 15 is 0 Å². The molecular weight excluding hydrogens is 350 g/mol. The summed E-state index contributed by atoms with van der Waals surface area (Å²) in [5.41, 5.74) is 6.04. The van der Waals surface area contributed by atoms with E-state index in [1.165, 1.54) is 23.1 Å². The Balaban J connectivity index is 1.99. The van der Waals surface area contributed by atoms with E-state index in [1.807, 2.05) is 0 Å². The normalized spacial score (nSPS) is 13.0. The Labute approximate surface area is 143 Å². The van der Waals surface area contributed by atoms with Crippen LogP contribution in [-0.4, -0.2) is 36.6 Å². The zero-order valence-electron chi connectivity index (χ0n) is 12.3. The van der Waals surface area contributed by atoms with Crippen molar-refractivity contribution < 1.29 is 9.59 Å². The van der Waals surface area contributed by atoms with Crippen molar-refractivity contribution in [3.8, 4) is 11.4 Å². The summed E-state index contributed by atoms with van der Waals surface area (Å²) in [6.45, 7) is 0. The van der Waals surface area contributed by atoms with Gasteiger partial charge in [0.05, 0.1) is 27.5 Å². The predicted molar refractivity (Wildman–Crippen MR) is 86.0 cm³/mol. The SMILES string of the molecule is Nc1c2c(cc(=O)n1-c1cc(-n3cnnn3)ccc1Cl)C(=O)NC2=O. The monoisotopic (exact) mass is 357 g/mol. The molecule has 0 spiro atoms. The number of rotatable bonds is 2.